The van der Waals surface area contributed by atoms with Crippen LogP contribution in [-0.4, -0.2) is 20.9 Å². The normalized spacial score (nSPS) is 10.6. The first kappa shape index (κ1) is 17.3. The third kappa shape index (κ3) is 4.72. The summed E-state index contributed by atoms with van der Waals surface area (Å²) in [6.07, 6.45) is 4.28. The number of pyridine rings is 2. The molecule has 0 saturated carbocycles. The van der Waals surface area contributed by atoms with Crippen LogP contribution in [0.1, 0.15) is 32.9 Å². The van der Waals surface area contributed by atoms with E-state index in [2.05, 4.69) is 9.97 Å². The van der Waals surface area contributed by atoms with Crippen molar-refractivity contribution in [1.82, 2.24) is 9.97 Å². The smallest absolute Gasteiger partial charge is 0.185 e. The fourth-order valence-electron chi connectivity index (χ4n) is 2.51. The van der Waals surface area contributed by atoms with Crippen LogP contribution in [0.5, 0.6) is 0 Å². The van der Waals surface area contributed by atoms with Crippen LogP contribution in [-0.2, 0) is 19.4 Å². The second kappa shape index (κ2) is 8.01. The molecule has 0 aliphatic heterocycles. The molecule has 0 aliphatic rings. The van der Waals surface area contributed by atoms with E-state index in [0.717, 1.165) is 16.7 Å². The first-order chi connectivity index (χ1) is 12.1. The summed E-state index contributed by atoms with van der Waals surface area (Å²) >= 11 is 5.99. The van der Waals surface area contributed by atoms with Crippen molar-refractivity contribution < 1.29 is 9.90 Å². The van der Waals surface area contributed by atoms with Crippen molar-refractivity contribution in [3.05, 3.63) is 94.0 Å². The molecular weight excluding hydrogens is 336 g/mol. The Hall–Kier alpha value is -2.56. The second-order valence-electron chi connectivity index (χ2n) is 5.77. The highest BCUT2D eigenvalue weighted by Gasteiger charge is 2.09. The molecule has 2 aromatic heterocycles. The molecule has 0 atom stereocenters. The Bertz CT molecular complexity index is 862. The molecule has 0 bridgehead atoms. The number of aliphatic hydroxyl groups is 1. The lowest BCUT2D eigenvalue weighted by Crippen LogP contribution is -2.07. The van der Waals surface area contributed by atoms with Gasteiger partial charge in [-0.2, -0.15) is 0 Å². The van der Waals surface area contributed by atoms with Crippen molar-refractivity contribution in [3.8, 4) is 0 Å². The van der Waals surface area contributed by atoms with Crippen molar-refractivity contribution in [1.29, 1.82) is 0 Å². The Kier molecular flexibility index (Phi) is 5.53. The van der Waals surface area contributed by atoms with Crippen molar-refractivity contribution in [2.24, 2.45) is 0 Å². The molecule has 1 aromatic carbocycles. The lowest BCUT2D eigenvalue weighted by atomic mass is 10.0. The van der Waals surface area contributed by atoms with Gasteiger partial charge in [0, 0.05) is 23.8 Å². The summed E-state index contributed by atoms with van der Waals surface area (Å²) in [5, 5.41) is 9.70. The van der Waals surface area contributed by atoms with Gasteiger partial charge in [0.1, 0.15) is 5.69 Å². The zero-order chi connectivity index (χ0) is 17.6. The van der Waals surface area contributed by atoms with E-state index < -0.39 is 0 Å². The Morgan fingerprint density at radius 1 is 0.960 bits per heavy atom. The highest BCUT2D eigenvalue weighted by Crippen LogP contribution is 2.15. The van der Waals surface area contributed by atoms with Crippen LogP contribution < -0.4 is 0 Å². The molecule has 0 radical (unpaired) electrons. The quantitative estimate of drug-likeness (QED) is 0.688. The summed E-state index contributed by atoms with van der Waals surface area (Å²) in [5.41, 5.74) is 3.93. The SMILES string of the molecule is O=C(Cc1ccc(CO)nc1)c1ccc(Cc2cccc(Cl)c2)cn1. The first-order valence-corrected chi connectivity index (χ1v) is 8.29. The Balaban J connectivity index is 1.65. The molecule has 0 aliphatic carbocycles. The van der Waals surface area contributed by atoms with Crippen LogP contribution in [0.3, 0.4) is 0 Å². The lowest BCUT2D eigenvalue weighted by Gasteiger charge is -2.05. The average molecular weight is 353 g/mol. The third-order valence-electron chi connectivity index (χ3n) is 3.82. The molecule has 0 saturated heterocycles. The van der Waals surface area contributed by atoms with Gasteiger partial charge in [-0.15, -0.1) is 0 Å². The highest BCUT2D eigenvalue weighted by atomic mass is 35.5. The largest absolute Gasteiger partial charge is 0.390 e. The number of hydrogen-bond acceptors (Lipinski definition) is 4. The number of carbonyl (C=O) groups is 1. The minimum Gasteiger partial charge on any atom is -0.390 e. The van der Waals surface area contributed by atoms with Crippen LogP contribution in [0, 0.1) is 0 Å². The summed E-state index contributed by atoms with van der Waals surface area (Å²) in [4.78, 5) is 20.7. The van der Waals surface area contributed by atoms with Crippen LogP contribution in [0.25, 0.3) is 0 Å². The molecule has 0 unspecified atom stereocenters. The summed E-state index contributed by atoms with van der Waals surface area (Å²) in [6.45, 7) is -0.107. The van der Waals surface area contributed by atoms with E-state index in [9.17, 15) is 4.79 Å². The van der Waals surface area contributed by atoms with Gasteiger partial charge in [0.2, 0.25) is 0 Å². The van der Waals surface area contributed by atoms with E-state index in [-0.39, 0.29) is 18.8 Å². The van der Waals surface area contributed by atoms with Gasteiger partial charge < -0.3 is 5.11 Å². The standard InChI is InChI=1S/C20H17ClN2O2/c21-17-3-1-2-14(9-17)8-15-5-7-19(23-12-15)20(25)10-16-4-6-18(13-24)22-11-16/h1-7,9,11-12,24H,8,10,13H2. The van der Waals surface area contributed by atoms with E-state index in [1.54, 1.807) is 30.6 Å². The van der Waals surface area contributed by atoms with Gasteiger partial charge in [0.15, 0.2) is 5.78 Å². The molecule has 0 spiro atoms. The van der Waals surface area contributed by atoms with E-state index in [1.165, 1.54) is 0 Å². The Labute approximate surface area is 151 Å². The van der Waals surface area contributed by atoms with E-state index in [1.807, 2.05) is 30.3 Å². The molecule has 0 amide bonds. The number of ketones is 1. The number of Topliss-reactive ketones (excluding diaryl/α,β-unsaturated/α-hetero) is 1. The van der Waals surface area contributed by atoms with Crippen LogP contribution in [0.4, 0.5) is 0 Å². The number of halogens is 1. The number of hydrogen-bond donors (Lipinski definition) is 1. The predicted molar refractivity (Wildman–Crippen MR) is 96.7 cm³/mol. The van der Waals surface area contributed by atoms with E-state index >= 15 is 0 Å². The maximum absolute atomic E-state index is 12.3. The number of aliphatic hydroxyl groups excluding tert-OH is 1. The minimum absolute atomic E-state index is 0.0622. The Morgan fingerprint density at radius 3 is 2.40 bits per heavy atom. The predicted octanol–water partition coefficient (Wildman–Crippen LogP) is 3.64. The maximum atomic E-state index is 12.3. The van der Waals surface area contributed by atoms with Gasteiger partial charge in [-0.05, 0) is 47.4 Å². The molecule has 1 N–H and O–H groups in total. The number of rotatable bonds is 6. The average Bonchev–Trinajstić information content (AvgIpc) is 2.63. The number of nitrogens with zero attached hydrogens (tertiary/aromatic N) is 2. The van der Waals surface area contributed by atoms with Gasteiger partial charge in [0.25, 0.3) is 0 Å². The van der Waals surface area contributed by atoms with Gasteiger partial charge >= 0.3 is 0 Å². The van der Waals surface area contributed by atoms with Crippen molar-refractivity contribution >= 4 is 17.4 Å². The molecular formula is C20H17ClN2O2. The monoisotopic (exact) mass is 352 g/mol. The summed E-state index contributed by atoms with van der Waals surface area (Å²) < 4.78 is 0. The zero-order valence-electron chi connectivity index (χ0n) is 13.5. The molecule has 3 rings (SSSR count). The number of aromatic nitrogens is 2. The summed E-state index contributed by atoms with van der Waals surface area (Å²) in [7, 11) is 0. The van der Waals surface area contributed by atoms with Crippen molar-refractivity contribution in [3.63, 3.8) is 0 Å². The van der Waals surface area contributed by atoms with Gasteiger partial charge in [-0.25, -0.2) is 0 Å². The molecule has 126 valence electrons. The number of carbonyl (C=O) groups excluding carboxylic acids is 1. The molecule has 5 heteroatoms. The molecule has 2 heterocycles. The van der Waals surface area contributed by atoms with E-state index in [4.69, 9.17) is 16.7 Å². The van der Waals surface area contributed by atoms with Crippen molar-refractivity contribution in [2.45, 2.75) is 19.4 Å². The second-order valence-corrected chi connectivity index (χ2v) is 6.21. The van der Waals surface area contributed by atoms with E-state index in [0.29, 0.717) is 22.8 Å². The Morgan fingerprint density at radius 2 is 1.76 bits per heavy atom. The highest BCUT2D eigenvalue weighted by molar-refractivity contribution is 6.30. The molecule has 0 fully saturated rings. The fourth-order valence-corrected chi connectivity index (χ4v) is 2.72. The topological polar surface area (TPSA) is 63.1 Å². The molecule has 25 heavy (non-hydrogen) atoms. The first-order valence-electron chi connectivity index (χ1n) is 7.91. The third-order valence-corrected chi connectivity index (χ3v) is 4.06. The summed E-state index contributed by atoms with van der Waals surface area (Å²) in [5.74, 6) is -0.0622. The lowest BCUT2D eigenvalue weighted by molar-refractivity contribution is 0.0988. The maximum Gasteiger partial charge on any atom is 0.185 e. The van der Waals surface area contributed by atoms with Crippen LogP contribution in [0.2, 0.25) is 5.02 Å². The van der Waals surface area contributed by atoms with Crippen LogP contribution in [0.15, 0.2) is 60.9 Å². The van der Waals surface area contributed by atoms with Crippen molar-refractivity contribution in [2.75, 3.05) is 0 Å². The summed E-state index contributed by atoms with van der Waals surface area (Å²) in [6, 6.07) is 14.9. The molecule has 3 aromatic rings. The van der Waals surface area contributed by atoms with Gasteiger partial charge in [0.05, 0.1) is 12.3 Å². The van der Waals surface area contributed by atoms with Gasteiger partial charge in [-0.1, -0.05) is 35.9 Å². The zero-order valence-corrected chi connectivity index (χ0v) is 14.3. The number of benzene rings is 1. The molecule has 4 nitrogen and oxygen atoms in total. The van der Waals surface area contributed by atoms with Crippen LogP contribution >= 0.6 is 11.6 Å². The fraction of sp³-hybridized carbons (Fsp3) is 0.150. The van der Waals surface area contributed by atoms with Gasteiger partial charge in [-0.3, -0.25) is 14.8 Å². The minimum atomic E-state index is -0.107.